The third-order valence-corrected chi connectivity index (χ3v) is 8.98. The molecule has 4 aromatic rings. The highest BCUT2D eigenvalue weighted by molar-refractivity contribution is 7.92. The molecule has 0 heterocycles. The van der Waals surface area contributed by atoms with Gasteiger partial charge in [-0.25, -0.2) is 12.8 Å². The van der Waals surface area contributed by atoms with Gasteiger partial charge in [0.2, 0.25) is 11.8 Å². The second-order valence-corrected chi connectivity index (χ2v) is 12.2. The van der Waals surface area contributed by atoms with E-state index in [0.29, 0.717) is 17.7 Å². The lowest BCUT2D eigenvalue weighted by Crippen LogP contribution is -2.54. The molecule has 43 heavy (non-hydrogen) atoms. The van der Waals surface area contributed by atoms with E-state index in [1.807, 2.05) is 44.2 Å². The van der Waals surface area contributed by atoms with Gasteiger partial charge in [0.25, 0.3) is 10.0 Å². The second kappa shape index (κ2) is 14.6. The van der Waals surface area contributed by atoms with Crippen molar-refractivity contribution in [3.05, 3.63) is 132 Å². The molecule has 2 atom stereocenters. The average Bonchev–Trinajstić information content (AvgIpc) is 3.03. The number of rotatable bonds is 13. The first-order valence-corrected chi connectivity index (χ1v) is 15.6. The molecule has 7 nitrogen and oxygen atoms in total. The zero-order chi connectivity index (χ0) is 30.8. The molecule has 2 amide bonds. The molecule has 0 aliphatic heterocycles. The number of hydrogen-bond donors (Lipinski definition) is 1. The van der Waals surface area contributed by atoms with Gasteiger partial charge in [-0.2, -0.15) is 0 Å². The maximum Gasteiger partial charge on any atom is 0.264 e. The molecule has 0 aliphatic carbocycles. The van der Waals surface area contributed by atoms with Crippen molar-refractivity contribution in [3.8, 4) is 0 Å². The maximum absolute atomic E-state index is 14.3. The molecular weight excluding hydrogens is 565 g/mol. The Kier molecular flexibility index (Phi) is 10.7. The van der Waals surface area contributed by atoms with Gasteiger partial charge in [0.1, 0.15) is 18.4 Å². The molecule has 0 unspecified atom stereocenters. The smallest absolute Gasteiger partial charge is 0.264 e. The lowest BCUT2D eigenvalue weighted by molar-refractivity contribution is -0.140. The van der Waals surface area contributed by atoms with Crippen molar-refractivity contribution in [1.82, 2.24) is 10.2 Å². The number of hydrogen-bond acceptors (Lipinski definition) is 4. The van der Waals surface area contributed by atoms with Gasteiger partial charge in [0.05, 0.1) is 10.6 Å². The molecular formula is C34H36FN3O4S. The second-order valence-electron chi connectivity index (χ2n) is 10.3. The summed E-state index contributed by atoms with van der Waals surface area (Å²) in [7, 11) is -4.15. The van der Waals surface area contributed by atoms with E-state index in [1.54, 1.807) is 60.7 Å². The van der Waals surface area contributed by atoms with Gasteiger partial charge in [-0.15, -0.1) is 0 Å². The highest BCUT2D eigenvalue weighted by Gasteiger charge is 2.34. The number of nitrogens with one attached hydrogen (secondary N) is 1. The van der Waals surface area contributed by atoms with E-state index in [0.717, 1.165) is 9.87 Å². The lowest BCUT2D eigenvalue weighted by atomic mass is 10.0. The Bertz CT molecular complexity index is 1590. The monoisotopic (exact) mass is 601 g/mol. The first kappa shape index (κ1) is 31.4. The fraction of sp³-hybridized carbons (Fsp3) is 0.235. The third kappa shape index (κ3) is 8.29. The van der Waals surface area contributed by atoms with Crippen LogP contribution in [0.4, 0.5) is 10.1 Å². The third-order valence-electron chi connectivity index (χ3n) is 7.19. The molecule has 4 rings (SSSR count). The fourth-order valence-electron chi connectivity index (χ4n) is 4.62. The molecule has 0 fully saturated rings. The van der Waals surface area contributed by atoms with Crippen molar-refractivity contribution in [2.24, 2.45) is 0 Å². The van der Waals surface area contributed by atoms with Gasteiger partial charge in [-0.3, -0.25) is 13.9 Å². The van der Waals surface area contributed by atoms with E-state index >= 15 is 0 Å². The molecule has 224 valence electrons. The maximum atomic E-state index is 14.3. The summed E-state index contributed by atoms with van der Waals surface area (Å²) in [6.45, 7) is 3.25. The van der Waals surface area contributed by atoms with Crippen molar-refractivity contribution >= 4 is 27.5 Å². The summed E-state index contributed by atoms with van der Waals surface area (Å²) in [6, 6.07) is 30.2. The molecule has 0 aliphatic rings. The van der Waals surface area contributed by atoms with Gasteiger partial charge in [-0.05, 0) is 60.9 Å². The van der Waals surface area contributed by atoms with Crippen LogP contribution in [0.2, 0.25) is 0 Å². The molecule has 4 aromatic carbocycles. The van der Waals surface area contributed by atoms with Crippen LogP contribution in [0, 0.1) is 5.82 Å². The van der Waals surface area contributed by atoms with E-state index in [4.69, 9.17) is 0 Å². The lowest BCUT2D eigenvalue weighted by Gasteiger charge is -2.34. The normalized spacial score (nSPS) is 12.6. The summed E-state index contributed by atoms with van der Waals surface area (Å²) in [6.07, 6.45) is 0.889. The minimum atomic E-state index is -4.15. The highest BCUT2D eigenvalue weighted by atomic mass is 32.2. The van der Waals surface area contributed by atoms with Crippen LogP contribution in [0.15, 0.2) is 120 Å². The number of carbonyl (C=O) groups is 2. The number of sulfonamides is 1. The zero-order valence-corrected chi connectivity index (χ0v) is 25.1. The predicted octanol–water partition coefficient (Wildman–Crippen LogP) is 5.58. The summed E-state index contributed by atoms with van der Waals surface area (Å²) in [5, 5.41) is 3.00. The summed E-state index contributed by atoms with van der Waals surface area (Å²) in [5.74, 6) is -1.36. The molecule has 0 aromatic heterocycles. The number of carbonyl (C=O) groups excluding carboxylic acids is 2. The first-order chi connectivity index (χ1) is 20.7. The SMILES string of the molecule is CC[C@H](C)NC(=O)[C@@H](Cc1ccccc1)N(Cc1ccc(F)cc1)C(=O)CN(c1ccccc1)S(=O)(=O)c1ccccc1. The van der Waals surface area contributed by atoms with Crippen LogP contribution in [0.3, 0.4) is 0 Å². The number of nitrogens with zero attached hydrogens (tertiary/aromatic N) is 2. The highest BCUT2D eigenvalue weighted by Crippen LogP contribution is 2.25. The van der Waals surface area contributed by atoms with Crippen LogP contribution in [0.25, 0.3) is 0 Å². The van der Waals surface area contributed by atoms with Crippen molar-refractivity contribution in [1.29, 1.82) is 0 Å². The minimum absolute atomic E-state index is 0.0292. The van der Waals surface area contributed by atoms with E-state index < -0.39 is 34.3 Å². The zero-order valence-electron chi connectivity index (χ0n) is 24.3. The van der Waals surface area contributed by atoms with E-state index in [-0.39, 0.29) is 29.8 Å². The number of anilines is 1. The van der Waals surface area contributed by atoms with Crippen molar-refractivity contribution in [3.63, 3.8) is 0 Å². The van der Waals surface area contributed by atoms with E-state index in [9.17, 15) is 22.4 Å². The Hall–Kier alpha value is -4.50. The fourth-order valence-corrected chi connectivity index (χ4v) is 6.06. The number of amides is 2. The van der Waals surface area contributed by atoms with Crippen LogP contribution in [-0.4, -0.2) is 43.8 Å². The average molecular weight is 602 g/mol. The Labute approximate surface area is 253 Å². The molecule has 0 saturated heterocycles. The quantitative estimate of drug-likeness (QED) is 0.217. The van der Waals surface area contributed by atoms with Crippen LogP contribution in [0.1, 0.15) is 31.4 Å². The van der Waals surface area contributed by atoms with Gasteiger partial charge in [0.15, 0.2) is 0 Å². The van der Waals surface area contributed by atoms with Gasteiger partial charge in [0, 0.05) is 19.0 Å². The summed E-state index contributed by atoms with van der Waals surface area (Å²) in [4.78, 5) is 29.5. The Morgan fingerprint density at radius 3 is 1.93 bits per heavy atom. The van der Waals surface area contributed by atoms with Crippen LogP contribution >= 0.6 is 0 Å². The minimum Gasteiger partial charge on any atom is -0.352 e. The van der Waals surface area contributed by atoms with Gasteiger partial charge >= 0.3 is 0 Å². The molecule has 0 saturated carbocycles. The van der Waals surface area contributed by atoms with E-state index in [2.05, 4.69) is 5.32 Å². The van der Waals surface area contributed by atoms with Crippen molar-refractivity contribution in [2.45, 2.75) is 50.2 Å². The van der Waals surface area contributed by atoms with Crippen molar-refractivity contribution < 1.29 is 22.4 Å². The summed E-state index contributed by atoms with van der Waals surface area (Å²) in [5.41, 5.74) is 1.74. The molecule has 0 radical (unpaired) electrons. The number of halogens is 1. The Balaban J connectivity index is 1.78. The first-order valence-electron chi connectivity index (χ1n) is 14.2. The Morgan fingerprint density at radius 1 is 0.791 bits per heavy atom. The largest absolute Gasteiger partial charge is 0.352 e. The topological polar surface area (TPSA) is 86.8 Å². The van der Waals surface area contributed by atoms with Crippen LogP contribution in [-0.2, 0) is 32.6 Å². The standard InChI is InChI=1S/C34H36FN3O4S/c1-3-26(2)36-34(40)32(23-27-13-7-4-8-14-27)37(24-28-19-21-29(35)22-20-28)33(39)25-38(30-15-9-5-10-16-30)43(41,42)31-17-11-6-12-18-31/h4-22,26,32H,3,23-25H2,1-2H3,(H,36,40)/t26-,32+/m0/s1. The molecule has 0 bridgehead atoms. The number of para-hydroxylation sites is 1. The summed E-state index contributed by atoms with van der Waals surface area (Å²) >= 11 is 0. The van der Waals surface area contributed by atoms with E-state index in [1.165, 1.54) is 29.2 Å². The number of benzene rings is 4. The van der Waals surface area contributed by atoms with Crippen LogP contribution < -0.4 is 9.62 Å². The van der Waals surface area contributed by atoms with Crippen molar-refractivity contribution in [2.75, 3.05) is 10.8 Å². The Morgan fingerprint density at radius 2 is 1.35 bits per heavy atom. The van der Waals surface area contributed by atoms with Gasteiger partial charge in [-0.1, -0.05) is 85.8 Å². The summed E-state index contributed by atoms with van der Waals surface area (Å²) < 4.78 is 42.6. The molecule has 0 spiro atoms. The molecule has 1 N–H and O–H groups in total. The predicted molar refractivity (Wildman–Crippen MR) is 166 cm³/mol. The molecule has 9 heteroatoms. The van der Waals surface area contributed by atoms with Crippen LogP contribution in [0.5, 0.6) is 0 Å². The van der Waals surface area contributed by atoms with Gasteiger partial charge < -0.3 is 10.2 Å².